The first-order valence-corrected chi connectivity index (χ1v) is 4.51. The van der Waals surface area contributed by atoms with Gasteiger partial charge in [0.25, 0.3) is 5.95 Å². The Balaban J connectivity index is 1.89. The van der Waals surface area contributed by atoms with Crippen LogP contribution in [0, 0.1) is 0 Å². The van der Waals surface area contributed by atoms with Crippen molar-refractivity contribution in [2.75, 3.05) is 13.2 Å². The van der Waals surface area contributed by atoms with Crippen molar-refractivity contribution in [2.24, 2.45) is 0 Å². The van der Waals surface area contributed by atoms with Crippen molar-refractivity contribution >= 4 is 0 Å². The second-order valence-corrected chi connectivity index (χ2v) is 3.05. The Labute approximate surface area is 82.9 Å². The van der Waals surface area contributed by atoms with Gasteiger partial charge >= 0.3 is 0 Å². The molecule has 1 saturated heterocycles. The van der Waals surface area contributed by atoms with Gasteiger partial charge in [0.15, 0.2) is 6.10 Å². The third-order valence-corrected chi connectivity index (χ3v) is 1.91. The first-order valence-electron chi connectivity index (χ1n) is 4.51. The molecule has 0 N–H and O–H groups in total. The van der Waals surface area contributed by atoms with E-state index in [1.54, 1.807) is 0 Å². The largest absolute Gasteiger partial charge is 0.483 e. The van der Waals surface area contributed by atoms with Crippen LogP contribution >= 0.6 is 0 Å². The predicted molar refractivity (Wildman–Crippen MR) is 51.9 cm³/mol. The van der Waals surface area contributed by atoms with Crippen molar-refractivity contribution in [3.8, 4) is 5.75 Å². The molecule has 1 aliphatic heterocycles. The minimum atomic E-state index is -0.0529. The average Bonchev–Trinajstić information content (AvgIpc) is 2.23. The van der Waals surface area contributed by atoms with Crippen LogP contribution in [0.3, 0.4) is 0 Å². The van der Waals surface area contributed by atoms with Gasteiger partial charge in [-0.05, 0) is 18.7 Å². The number of ether oxygens (including phenoxy) is 3. The molecule has 1 fully saturated rings. The minimum Gasteiger partial charge on any atom is -0.483 e. The van der Waals surface area contributed by atoms with Crippen molar-refractivity contribution in [3.63, 3.8) is 0 Å². The molecule has 74 valence electrons. The highest BCUT2D eigenvalue weighted by Gasteiger charge is 2.18. The number of rotatable bonds is 2. The van der Waals surface area contributed by atoms with E-state index in [4.69, 9.17) is 14.2 Å². The van der Waals surface area contributed by atoms with Crippen molar-refractivity contribution in [1.82, 2.24) is 0 Å². The predicted octanol–water partition coefficient (Wildman–Crippen LogP) is 1.95. The standard InChI is InChI=1S/C11H12O3/c1-9-12-7-11(8-13-9)14-10-5-3-2-4-6-10/h2-6,11H,1,7-8H2. The van der Waals surface area contributed by atoms with Gasteiger partial charge in [-0.25, -0.2) is 0 Å². The summed E-state index contributed by atoms with van der Waals surface area (Å²) in [5.41, 5.74) is 0. The highest BCUT2D eigenvalue weighted by molar-refractivity contribution is 5.21. The second-order valence-electron chi connectivity index (χ2n) is 3.05. The molecule has 0 amide bonds. The molecule has 0 saturated carbocycles. The van der Waals surface area contributed by atoms with Crippen LogP contribution in [0.2, 0.25) is 0 Å². The van der Waals surface area contributed by atoms with E-state index in [9.17, 15) is 0 Å². The lowest BCUT2D eigenvalue weighted by atomic mass is 10.3. The van der Waals surface area contributed by atoms with Gasteiger partial charge in [0, 0.05) is 0 Å². The Hall–Kier alpha value is -1.64. The van der Waals surface area contributed by atoms with Gasteiger partial charge in [0.05, 0.1) is 0 Å². The molecule has 1 aromatic rings. The number of benzene rings is 1. The van der Waals surface area contributed by atoms with E-state index < -0.39 is 0 Å². The third kappa shape index (κ3) is 2.19. The zero-order chi connectivity index (χ0) is 9.80. The fraction of sp³-hybridized carbons (Fsp3) is 0.273. The zero-order valence-electron chi connectivity index (χ0n) is 7.81. The van der Waals surface area contributed by atoms with Gasteiger partial charge in [-0.2, -0.15) is 0 Å². The number of hydrogen-bond acceptors (Lipinski definition) is 3. The van der Waals surface area contributed by atoms with E-state index in [0.29, 0.717) is 19.2 Å². The summed E-state index contributed by atoms with van der Waals surface area (Å²) in [6.07, 6.45) is -0.0529. The van der Waals surface area contributed by atoms with Crippen LogP contribution in [0.5, 0.6) is 5.75 Å². The van der Waals surface area contributed by atoms with Crippen molar-refractivity contribution < 1.29 is 14.2 Å². The Morgan fingerprint density at radius 1 is 1.14 bits per heavy atom. The lowest BCUT2D eigenvalue weighted by Gasteiger charge is -2.25. The van der Waals surface area contributed by atoms with Gasteiger partial charge in [0.2, 0.25) is 0 Å². The normalized spacial score (nSPS) is 17.0. The summed E-state index contributed by atoms with van der Waals surface area (Å²) in [5, 5.41) is 0. The van der Waals surface area contributed by atoms with Crippen LogP contribution in [0.25, 0.3) is 0 Å². The number of hydrogen-bond donors (Lipinski definition) is 0. The van der Waals surface area contributed by atoms with E-state index in [-0.39, 0.29) is 6.10 Å². The lowest BCUT2D eigenvalue weighted by Crippen LogP contribution is -2.32. The average molecular weight is 192 g/mol. The summed E-state index contributed by atoms with van der Waals surface area (Å²) in [5.74, 6) is 1.20. The highest BCUT2D eigenvalue weighted by Crippen LogP contribution is 2.15. The minimum absolute atomic E-state index is 0.0529. The summed E-state index contributed by atoms with van der Waals surface area (Å²) in [6, 6.07) is 9.62. The Morgan fingerprint density at radius 2 is 1.79 bits per heavy atom. The molecule has 1 aromatic carbocycles. The fourth-order valence-electron chi connectivity index (χ4n) is 1.22. The summed E-state index contributed by atoms with van der Waals surface area (Å²) in [7, 11) is 0. The van der Waals surface area contributed by atoms with E-state index in [1.807, 2.05) is 30.3 Å². The monoisotopic (exact) mass is 192 g/mol. The van der Waals surface area contributed by atoms with Gasteiger partial charge < -0.3 is 14.2 Å². The van der Waals surface area contributed by atoms with E-state index in [1.165, 1.54) is 0 Å². The smallest absolute Gasteiger partial charge is 0.271 e. The van der Waals surface area contributed by atoms with Gasteiger partial charge in [-0.3, -0.25) is 0 Å². The van der Waals surface area contributed by atoms with Gasteiger partial charge in [-0.1, -0.05) is 18.2 Å². The molecule has 14 heavy (non-hydrogen) atoms. The van der Waals surface area contributed by atoms with Crippen LogP contribution in [-0.4, -0.2) is 19.3 Å². The highest BCUT2D eigenvalue weighted by atomic mass is 16.7. The summed E-state index contributed by atoms with van der Waals surface area (Å²) >= 11 is 0. The zero-order valence-corrected chi connectivity index (χ0v) is 7.81. The molecule has 2 rings (SSSR count). The second kappa shape index (κ2) is 4.05. The third-order valence-electron chi connectivity index (χ3n) is 1.91. The molecule has 1 aliphatic rings. The maximum Gasteiger partial charge on any atom is 0.271 e. The molecule has 0 bridgehead atoms. The van der Waals surface area contributed by atoms with Crippen LogP contribution < -0.4 is 4.74 Å². The van der Waals surface area contributed by atoms with Crippen LogP contribution in [0.15, 0.2) is 42.9 Å². The summed E-state index contributed by atoms with van der Waals surface area (Å²) < 4.78 is 15.9. The maximum absolute atomic E-state index is 5.61. The Kier molecular flexibility index (Phi) is 2.58. The first-order chi connectivity index (χ1) is 6.84. The topological polar surface area (TPSA) is 27.7 Å². The van der Waals surface area contributed by atoms with Crippen LogP contribution in [-0.2, 0) is 9.47 Å². The molecule has 0 aliphatic carbocycles. The fourth-order valence-corrected chi connectivity index (χ4v) is 1.22. The van der Waals surface area contributed by atoms with E-state index in [2.05, 4.69) is 6.58 Å². The van der Waals surface area contributed by atoms with Crippen molar-refractivity contribution in [2.45, 2.75) is 6.10 Å². The van der Waals surface area contributed by atoms with Gasteiger partial charge in [0.1, 0.15) is 19.0 Å². The van der Waals surface area contributed by atoms with Crippen molar-refractivity contribution in [3.05, 3.63) is 42.9 Å². The van der Waals surface area contributed by atoms with Gasteiger partial charge in [-0.15, -0.1) is 0 Å². The van der Waals surface area contributed by atoms with Crippen LogP contribution in [0.4, 0.5) is 0 Å². The molecule has 0 spiro atoms. The van der Waals surface area contributed by atoms with Crippen LogP contribution in [0.1, 0.15) is 0 Å². The molecular formula is C11H12O3. The quantitative estimate of drug-likeness (QED) is 0.716. The molecule has 0 atom stereocenters. The summed E-state index contributed by atoms with van der Waals surface area (Å²) in [4.78, 5) is 0. The molecule has 0 aromatic heterocycles. The van der Waals surface area contributed by atoms with E-state index in [0.717, 1.165) is 5.75 Å². The lowest BCUT2D eigenvalue weighted by molar-refractivity contribution is -0.0777. The Morgan fingerprint density at radius 3 is 2.43 bits per heavy atom. The SMILES string of the molecule is C=C1OCC(Oc2ccccc2)CO1. The Bertz CT molecular complexity index is 298. The molecule has 0 radical (unpaired) electrons. The molecule has 0 unspecified atom stereocenters. The molecule has 1 heterocycles. The van der Waals surface area contributed by atoms with E-state index >= 15 is 0 Å². The molecule has 3 heteroatoms. The summed E-state index contributed by atoms with van der Waals surface area (Å²) in [6.45, 7) is 4.54. The van der Waals surface area contributed by atoms with Crippen molar-refractivity contribution in [1.29, 1.82) is 0 Å². The maximum atomic E-state index is 5.61. The molecular weight excluding hydrogens is 180 g/mol. The first kappa shape index (κ1) is 8.94. The number of para-hydroxylation sites is 1. The molecule has 3 nitrogen and oxygen atoms in total.